The molecule has 0 bridgehead atoms. The van der Waals surface area contributed by atoms with Gasteiger partial charge in [-0.1, -0.05) is 36.0 Å². The summed E-state index contributed by atoms with van der Waals surface area (Å²) in [5.74, 6) is 0.707. The van der Waals surface area contributed by atoms with Crippen LogP contribution in [0.25, 0.3) is 10.8 Å². The van der Waals surface area contributed by atoms with E-state index < -0.39 is 0 Å². The van der Waals surface area contributed by atoms with Gasteiger partial charge in [0.15, 0.2) is 0 Å². The van der Waals surface area contributed by atoms with Crippen LogP contribution < -0.4 is 5.56 Å². The molecule has 3 rings (SSSR count). The highest BCUT2D eigenvalue weighted by Crippen LogP contribution is 2.26. The Balaban J connectivity index is 1.86. The second-order valence-electron chi connectivity index (χ2n) is 4.51. The zero-order chi connectivity index (χ0) is 13.9. The summed E-state index contributed by atoms with van der Waals surface area (Å²) in [5.41, 5.74) is 1.000. The molecule has 0 amide bonds. The Labute approximate surface area is 120 Å². The molecule has 0 N–H and O–H groups in total. The lowest BCUT2D eigenvalue weighted by atomic mass is 10.2. The quantitative estimate of drug-likeness (QED) is 0.693. The van der Waals surface area contributed by atoms with Gasteiger partial charge in [0, 0.05) is 35.8 Å². The summed E-state index contributed by atoms with van der Waals surface area (Å²) in [5, 5.41) is 11.3. The van der Waals surface area contributed by atoms with Crippen LogP contribution in [0.15, 0.2) is 58.6 Å². The van der Waals surface area contributed by atoms with Gasteiger partial charge in [0.05, 0.1) is 6.20 Å². The number of pyridine rings is 1. The molecule has 0 aliphatic rings. The number of benzene rings is 1. The summed E-state index contributed by atoms with van der Waals surface area (Å²) in [6.07, 6.45) is 3.55. The molecular weight excluding hydrogens is 270 g/mol. The van der Waals surface area contributed by atoms with Gasteiger partial charge < -0.3 is 4.57 Å². The first-order valence-corrected chi connectivity index (χ1v) is 7.21. The highest BCUT2D eigenvalue weighted by atomic mass is 32.2. The van der Waals surface area contributed by atoms with Crippen molar-refractivity contribution in [3.63, 3.8) is 0 Å². The molecule has 20 heavy (non-hydrogen) atoms. The van der Waals surface area contributed by atoms with Crippen molar-refractivity contribution in [1.82, 2.24) is 14.8 Å². The predicted octanol–water partition coefficient (Wildman–Crippen LogP) is 2.62. The minimum Gasteiger partial charge on any atom is -0.319 e. The predicted molar refractivity (Wildman–Crippen MR) is 80.8 cm³/mol. The van der Waals surface area contributed by atoms with Crippen LogP contribution in [0.1, 0.15) is 5.56 Å². The van der Waals surface area contributed by atoms with Crippen LogP contribution in [0.3, 0.4) is 0 Å². The standard InChI is InChI=1S/C15H13N3OS/c1-18-7-6-11(8-14(18)19)10-20-15-13-5-3-2-4-12(13)9-16-17-15/h2-9H,10H2,1H3. The molecule has 1 aromatic carbocycles. The fraction of sp³-hybridized carbons (Fsp3) is 0.133. The molecule has 0 fully saturated rings. The van der Waals surface area contributed by atoms with Crippen LogP contribution in [0.2, 0.25) is 0 Å². The number of thioether (sulfide) groups is 1. The lowest BCUT2D eigenvalue weighted by Gasteiger charge is -2.05. The number of nitrogens with zero attached hydrogens (tertiary/aromatic N) is 3. The first-order valence-electron chi connectivity index (χ1n) is 6.23. The van der Waals surface area contributed by atoms with Gasteiger partial charge in [-0.2, -0.15) is 5.10 Å². The second kappa shape index (κ2) is 5.46. The van der Waals surface area contributed by atoms with Crippen LogP contribution in [0.4, 0.5) is 0 Å². The lowest BCUT2D eigenvalue weighted by molar-refractivity contribution is 0.855. The van der Waals surface area contributed by atoms with Crippen molar-refractivity contribution in [1.29, 1.82) is 0 Å². The first-order chi connectivity index (χ1) is 9.74. The van der Waals surface area contributed by atoms with Crippen molar-refractivity contribution in [3.8, 4) is 0 Å². The highest BCUT2D eigenvalue weighted by molar-refractivity contribution is 7.98. The van der Waals surface area contributed by atoms with Gasteiger partial charge in [-0.3, -0.25) is 4.79 Å². The van der Waals surface area contributed by atoms with E-state index in [-0.39, 0.29) is 5.56 Å². The molecule has 0 saturated carbocycles. The molecule has 0 aliphatic carbocycles. The molecule has 0 saturated heterocycles. The van der Waals surface area contributed by atoms with Crippen LogP contribution in [0.5, 0.6) is 0 Å². The van der Waals surface area contributed by atoms with Gasteiger partial charge in [-0.05, 0) is 11.6 Å². The summed E-state index contributed by atoms with van der Waals surface area (Å²) in [4.78, 5) is 11.6. The molecule has 0 aliphatic heterocycles. The number of aryl methyl sites for hydroxylation is 1. The van der Waals surface area contributed by atoms with Crippen molar-refractivity contribution < 1.29 is 0 Å². The van der Waals surface area contributed by atoms with Crippen molar-refractivity contribution in [2.24, 2.45) is 7.05 Å². The van der Waals surface area contributed by atoms with Crippen LogP contribution in [0, 0.1) is 0 Å². The van der Waals surface area contributed by atoms with E-state index in [4.69, 9.17) is 0 Å². The molecule has 5 heteroatoms. The smallest absolute Gasteiger partial charge is 0.250 e. The molecule has 0 spiro atoms. The number of hydrogen-bond donors (Lipinski definition) is 0. The van der Waals surface area contributed by atoms with E-state index in [2.05, 4.69) is 10.2 Å². The molecular formula is C15H13N3OS. The summed E-state index contributed by atoms with van der Waals surface area (Å²) >= 11 is 1.60. The Kier molecular flexibility index (Phi) is 3.52. The topological polar surface area (TPSA) is 47.8 Å². The zero-order valence-corrected chi connectivity index (χ0v) is 11.8. The van der Waals surface area contributed by atoms with Gasteiger partial charge >= 0.3 is 0 Å². The molecule has 0 radical (unpaired) electrons. The number of hydrogen-bond acceptors (Lipinski definition) is 4. The van der Waals surface area contributed by atoms with E-state index in [1.807, 2.05) is 30.3 Å². The maximum atomic E-state index is 11.6. The third kappa shape index (κ3) is 2.58. The normalized spacial score (nSPS) is 10.8. The SMILES string of the molecule is Cn1ccc(CSc2nncc3ccccc23)cc1=O. The van der Waals surface area contributed by atoms with Gasteiger partial charge in [-0.15, -0.1) is 5.10 Å². The minimum atomic E-state index is 0.00658. The molecule has 2 heterocycles. The fourth-order valence-corrected chi connectivity index (χ4v) is 2.87. The molecule has 3 aromatic rings. The maximum absolute atomic E-state index is 11.6. The molecule has 0 unspecified atom stereocenters. The number of aromatic nitrogens is 3. The fourth-order valence-electron chi connectivity index (χ4n) is 1.94. The van der Waals surface area contributed by atoms with Gasteiger partial charge in [0.2, 0.25) is 0 Å². The largest absolute Gasteiger partial charge is 0.319 e. The van der Waals surface area contributed by atoms with E-state index >= 15 is 0 Å². The monoisotopic (exact) mass is 283 g/mol. The Morgan fingerprint density at radius 1 is 1.25 bits per heavy atom. The third-order valence-corrected chi connectivity index (χ3v) is 4.13. The van der Waals surface area contributed by atoms with Crippen LogP contribution >= 0.6 is 11.8 Å². The van der Waals surface area contributed by atoms with Crippen LogP contribution in [-0.2, 0) is 12.8 Å². The average molecular weight is 283 g/mol. The van der Waals surface area contributed by atoms with E-state index in [0.29, 0.717) is 5.75 Å². The van der Waals surface area contributed by atoms with Gasteiger partial charge in [0.1, 0.15) is 5.03 Å². The Morgan fingerprint density at radius 2 is 2.10 bits per heavy atom. The van der Waals surface area contributed by atoms with E-state index in [9.17, 15) is 4.79 Å². The molecule has 0 atom stereocenters. The summed E-state index contributed by atoms with van der Waals surface area (Å²) < 4.78 is 1.56. The summed E-state index contributed by atoms with van der Waals surface area (Å²) in [6, 6.07) is 11.6. The lowest BCUT2D eigenvalue weighted by Crippen LogP contribution is -2.14. The summed E-state index contributed by atoms with van der Waals surface area (Å²) in [7, 11) is 1.75. The van der Waals surface area contributed by atoms with Gasteiger partial charge in [-0.25, -0.2) is 0 Å². The first kappa shape index (κ1) is 12.9. The van der Waals surface area contributed by atoms with Crippen LogP contribution in [-0.4, -0.2) is 14.8 Å². The van der Waals surface area contributed by atoms with E-state index in [0.717, 1.165) is 21.4 Å². The molecule has 100 valence electrons. The van der Waals surface area contributed by atoms with Crippen molar-refractivity contribution >= 4 is 22.5 Å². The number of rotatable bonds is 3. The van der Waals surface area contributed by atoms with E-state index in [1.165, 1.54) is 0 Å². The average Bonchev–Trinajstić information content (AvgIpc) is 2.48. The summed E-state index contributed by atoms with van der Waals surface area (Å²) in [6.45, 7) is 0. The van der Waals surface area contributed by atoms with Crippen molar-refractivity contribution in [2.75, 3.05) is 0 Å². The molecule has 2 aromatic heterocycles. The Bertz CT molecular complexity index is 808. The van der Waals surface area contributed by atoms with E-state index in [1.54, 1.807) is 41.8 Å². The van der Waals surface area contributed by atoms with Crippen molar-refractivity contribution in [2.45, 2.75) is 10.8 Å². The molecule has 4 nitrogen and oxygen atoms in total. The Morgan fingerprint density at radius 3 is 2.95 bits per heavy atom. The number of fused-ring (bicyclic) bond motifs is 1. The Hall–Kier alpha value is -2.14. The van der Waals surface area contributed by atoms with Gasteiger partial charge in [0.25, 0.3) is 5.56 Å². The third-order valence-electron chi connectivity index (χ3n) is 3.08. The van der Waals surface area contributed by atoms with Crippen molar-refractivity contribution in [3.05, 3.63) is 64.7 Å². The zero-order valence-electron chi connectivity index (χ0n) is 11.0. The highest BCUT2D eigenvalue weighted by Gasteiger charge is 2.04. The second-order valence-corrected chi connectivity index (χ2v) is 5.47. The maximum Gasteiger partial charge on any atom is 0.250 e. The minimum absolute atomic E-state index is 0.00658.